The number of hydrogen-bond acceptors (Lipinski definition) is 3. The van der Waals surface area contributed by atoms with Crippen LogP contribution in [0.4, 0.5) is 0 Å². The molecule has 1 aliphatic rings. The SMILES string of the molecule is CCCC1CCC(C#N)C(Sc2ccoc2C)C1. The second-order valence-electron chi connectivity index (χ2n) is 5.20. The summed E-state index contributed by atoms with van der Waals surface area (Å²) in [6.07, 6.45) is 7.78. The van der Waals surface area contributed by atoms with Crippen LogP contribution in [0.3, 0.4) is 0 Å². The minimum Gasteiger partial charge on any atom is -0.468 e. The van der Waals surface area contributed by atoms with E-state index in [4.69, 9.17) is 4.42 Å². The van der Waals surface area contributed by atoms with Gasteiger partial charge in [-0.25, -0.2) is 0 Å². The van der Waals surface area contributed by atoms with Crippen LogP contribution in [0.1, 0.15) is 44.8 Å². The first kappa shape index (κ1) is 13.5. The number of hydrogen-bond donors (Lipinski definition) is 0. The third kappa shape index (κ3) is 3.11. The summed E-state index contributed by atoms with van der Waals surface area (Å²) < 4.78 is 5.35. The summed E-state index contributed by atoms with van der Waals surface area (Å²) in [6, 6.07) is 4.52. The molecular formula is C15H21NOS. The number of thioether (sulfide) groups is 1. The summed E-state index contributed by atoms with van der Waals surface area (Å²) in [4.78, 5) is 1.21. The van der Waals surface area contributed by atoms with Gasteiger partial charge in [-0.15, -0.1) is 11.8 Å². The van der Waals surface area contributed by atoms with Crippen LogP contribution >= 0.6 is 11.8 Å². The Labute approximate surface area is 114 Å². The van der Waals surface area contributed by atoms with E-state index < -0.39 is 0 Å². The van der Waals surface area contributed by atoms with E-state index in [0.717, 1.165) is 18.1 Å². The molecule has 0 spiro atoms. The normalized spacial score (nSPS) is 27.9. The lowest BCUT2D eigenvalue weighted by molar-refractivity contribution is 0.307. The van der Waals surface area contributed by atoms with Gasteiger partial charge in [0.25, 0.3) is 0 Å². The van der Waals surface area contributed by atoms with E-state index in [1.165, 1.54) is 30.6 Å². The molecule has 2 nitrogen and oxygen atoms in total. The molecule has 0 radical (unpaired) electrons. The average Bonchev–Trinajstić information content (AvgIpc) is 2.76. The highest BCUT2D eigenvalue weighted by Gasteiger charge is 2.31. The molecule has 1 aromatic rings. The minimum absolute atomic E-state index is 0.206. The molecule has 2 rings (SSSR count). The molecule has 0 bridgehead atoms. The molecule has 0 amide bonds. The molecule has 18 heavy (non-hydrogen) atoms. The van der Waals surface area contributed by atoms with Crippen LogP contribution in [-0.2, 0) is 0 Å². The molecule has 0 aromatic carbocycles. The van der Waals surface area contributed by atoms with Crippen LogP contribution in [0.15, 0.2) is 21.6 Å². The molecule has 98 valence electrons. The monoisotopic (exact) mass is 263 g/mol. The fraction of sp³-hybridized carbons (Fsp3) is 0.667. The smallest absolute Gasteiger partial charge is 0.114 e. The van der Waals surface area contributed by atoms with Gasteiger partial charge in [0.05, 0.1) is 18.3 Å². The van der Waals surface area contributed by atoms with Gasteiger partial charge in [-0.1, -0.05) is 19.8 Å². The Morgan fingerprint density at radius 3 is 2.94 bits per heavy atom. The maximum atomic E-state index is 9.29. The quantitative estimate of drug-likeness (QED) is 0.783. The van der Waals surface area contributed by atoms with Gasteiger partial charge in [0, 0.05) is 10.1 Å². The molecule has 3 heteroatoms. The van der Waals surface area contributed by atoms with Gasteiger partial charge in [0.15, 0.2) is 0 Å². The highest BCUT2D eigenvalue weighted by Crippen LogP contribution is 2.42. The Morgan fingerprint density at radius 2 is 2.33 bits per heavy atom. The van der Waals surface area contributed by atoms with Crippen molar-refractivity contribution in [2.45, 2.75) is 56.1 Å². The third-order valence-electron chi connectivity index (χ3n) is 3.85. The zero-order chi connectivity index (χ0) is 13.0. The maximum Gasteiger partial charge on any atom is 0.114 e. The Morgan fingerprint density at radius 1 is 1.50 bits per heavy atom. The van der Waals surface area contributed by atoms with E-state index in [-0.39, 0.29) is 5.92 Å². The fourth-order valence-electron chi connectivity index (χ4n) is 2.82. The molecular weight excluding hydrogens is 242 g/mol. The molecule has 0 N–H and O–H groups in total. The molecule has 1 aromatic heterocycles. The largest absolute Gasteiger partial charge is 0.468 e. The summed E-state index contributed by atoms with van der Waals surface area (Å²) in [5.41, 5.74) is 0. The van der Waals surface area contributed by atoms with Crippen molar-refractivity contribution in [3.8, 4) is 6.07 Å². The van der Waals surface area contributed by atoms with Crippen LogP contribution in [0, 0.1) is 30.1 Å². The lowest BCUT2D eigenvalue weighted by atomic mass is 9.80. The summed E-state index contributed by atoms with van der Waals surface area (Å²) in [5.74, 6) is 2.00. The Bertz CT molecular complexity index is 420. The number of aryl methyl sites for hydroxylation is 1. The van der Waals surface area contributed by atoms with E-state index in [9.17, 15) is 5.26 Å². The average molecular weight is 263 g/mol. The van der Waals surface area contributed by atoms with Crippen molar-refractivity contribution in [1.82, 2.24) is 0 Å². The van der Waals surface area contributed by atoms with Gasteiger partial charge in [-0.05, 0) is 38.2 Å². The molecule has 1 heterocycles. The predicted octanol–water partition coefficient (Wildman–Crippen LogP) is 4.79. The van der Waals surface area contributed by atoms with Gasteiger partial charge in [0.2, 0.25) is 0 Å². The summed E-state index contributed by atoms with van der Waals surface area (Å²) in [5, 5.41) is 9.73. The first-order chi connectivity index (χ1) is 8.74. The Kier molecular flexibility index (Phi) is 4.77. The van der Waals surface area contributed by atoms with Crippen molar-refractivity contribution in [2.75, 3.05) is 0 Å². The van der Waals surface area contributed by atoms with Crippen LogP contribution in [0.2, 0.25) is 0 Å². The van der Waals surface area contributed by atoms with Gasteiger partial charge in [-0.2, -0.15) is 5.26 Å². The first-order valence-corrected chi connectivity index (χ1v) is 7.73. The lowest BCUT2D eigenvalue weighted by Crippen LogP contribution is -2.26. The van der Waals surface area contributed by atoms with Crippen molar-refractivity contribution < 1.29 is 4.42 Å². The molecule has 1 saturated carbocycles. The maximum absolute atomic E-state index is 9.29. The molecule has 3 atom stereocenters. The van der Waals surface area contributed by atoms with Crippen molar-refractivity contribution in [3.05, 3.63) is 18.1 Å². The summed E-state index contributed by atoms with van der Waals surface area (Å²) in [6.45, 7) is 4.24. The standard InChI is InChI=1S/C15H21NOS/c1-3-4-12-5-6-13(10-16)15(9-12)18-14-7-8-17-11(14)2/h7-8,12-13,15H,3-6,9H2,1-2H3. The second-order valence-corrected chi connectivity index (χ2v) is 6.48. The van der Waals surface area contributed by atoms with E-state index in [2.05, 4.69) is 13.0 Å². The third-order valence-corrected chi connectivity index (χ3v) is 5.35. The highest BCUT2D eigenvalue weighted by atomic mass is 32.2. The Hall–Kier alpha value is -0.880. The van der Waals surface area contributed by atoms with Crippen molar-refractivity contribution in [3.63, 3.8) is 0 Å². The molecule has 0 aliphatic heterocycles. The van der Waals surface area contributed by atoms with Crippen LogP contribution in [-0.4, -0.2) is 5.25 Å². The van der Waals surface area contributed by atoms with Crippen LogP contribution < -0.4 is 0 Å². The predicted molar refractivity (Wildman–Crippen MR) is 74.4 cm³/mol. The van der Waals surface area contributed by atoms with Gasteiger partial charge >= 0.3 is 0 Å². The Balaban J connectivity index is 2.03. The fourth-order valence-corrected chi connectivity index (χ4v) is 4.22. The van der Waals surface area contributed by atoms with E-state index in [1.54, 1.807) is 6.26 Å². The molecule has 1 fully saturated rings. The van der Waals surface area contributed by atoms with E-state index in [1.807, 2.05) is 24.8 Å². The lowest BCUT2D eigenvalue weighted by Gasteiger charge is -2.32. The molecule has 0 saturated heterocycles. The van der Waals surface area contributed by atoms with E-state index in [0.29, 0.717) is 5.25 Å². The number of nitriles is 1. The molecule has 3 unspecified atom stereocenters. The topological polar surface area (TPSA) is 36.9 Å². The number of rotatable bonds is 4. The van der Waals surface area contributed by atoms with E-state index >= 15 is 0 Å². The molecule has 1 aliphatic carbocycles. The van der Waals surface area contributed by atoms with Crippen molar-refractivity contribution in [1.29, 1.82) is 5.26 Å². The van der Waals surface area contributed by atoms with Crippen molar-refractivity contribution in [2.24, 2.45) is 11.8 Å². The second kappa shape index (κ2) is 6.33. The zero-order valence-corrected chi connectivity index (χ0v) is 12.0. The summed E-state index contributed by atoms with van der Waals surface area (Å²) >= 11 is 1.84. The summed E-state index contributed by atoms with van der Waals surface area (Å²) in [7, 11) is 0. The minimum atomic E-state index is 0.206. The van der Waals surface area contributed by atoms with Crippen molar-refractivity contribution >= 4 is 11.8 Å². The number of furan rings is 1. The first-order valence-electron chi connectivity index (χ1n) is 6.85. The highest BCUT2D eigenvalue weighted by molar-refractivity contribution is 8.00. The van der Waals surface area contributed by atoms with Crippen LogP contribution in [0.25, 0.3) is 0 Å². The van der Waals surface area contributed by atoms with Gasteiger partial charge < -0.3 is 4.42 Å². The van der Waals surface area contributed by atoms with Gasteiger partial charge in [0.1, 0.15) is 5.76 Å². The van der Waals surface area contributed by atoms with Gasteiger partial charge in [-0.3, -0.25) is 0 Å². The number of nitrogens with zero attached hydrogens (tertiary/aromatic N) is 1. The van der Waals surface area contributed by atoms with Crippen LogP contribution in [0.5, 0.6) is 0 Å². The zero-order valence-electron chi connectivity index (χ0n) is 11.2.